The van der Waals surface area contributed by atoms with Gasteiger partial charge in [0, 0.05) is 38.0 Å². The summed E-state index contributed by atoms with van der Waals surface area (Å²) in [5.41, 5.74) is 18.6. The maximum absolute atomic E-state index is 5.54. The van der Waals surface area contributed by atoms with Crippen LogP contribution in [0.25, 0.3) is 78.2 Å². The van der Waals surface area contributed by atoms with E-state index in [-0.39, 0.29) is 0 Å². The number of thiazole rings is 2. The predicted octanol–water partition coefficient (Wildman–Crippen LogP) is 23.7. The Bertz CT molecular complexity index is 3450. The van der Waals surface area contributed by atoms with Gasteiger partial charge in [0.2, 0.25) is 0 Å². The van der Waals surface area contributed by atoms with Gasteiger partial charge in [-0.2, -0.15) is 0 Å². The fourth-order valence-corrected chi connectivity index (χ4v) is 17.9. The van der Waals surface area contributed by atoms with Crippen molar-refractivity contribution in [2.45, 2.75) is 214 Å². The van der Waals surface area contributed by atoms with E-state index in [2.05, 4.69) is 137 Å². The second-order valence-electron chi connectivity index (χ2n) is 23.3. The highest BCUT2D eigenvalue weighted by Gasteiger charge is 2.34. The molecule has 408 valence electrons. The lowest BCUT2D eigenvalue weighted by molar-refractivity contribution is 0.410. The molecule has 5 heterocycles. The summed E-state index contributed by atoms with van der Waals surface area (Å²) in [6, 6.07) is 25.1. The summed E-state index contributed by atoms with van der Waals surface area (Å²) in [5, 5.41) is 5.09. The van der Waals surface area contributed by atoms with E-state index in [1.807, 2.05) is 45.3 Å². The minimum atomic E-state index is 0.354. The molecule has 0 radical (unpaired) electrons. The van der Waals surface area contributed by atoms with Crippen molar-refractivity contribution in [3.63, 3.8) is 0 Å². The normalized spacial score (nSPS) is 14.9. The van der Waals surface area contributed by atoms with Gasteiger partial charge in [-0.1, -0.05) is 233 Å². The van der Waals surface area contributed by atoms with Crippen LogP contribution in [0, 0.1) is 6.92 Å². The van der Waals surface area contributed by atoms with Gasteiger partial charge in [-0.05, 0) is 144 Å². The first-order valence-electron chi connectivity index (χ1n) is 30.9. The summed E-state index contributed by atoms with van der Waals surface area (Å²) in [6.07, 6.45) is 43.8. The van der Waals surface area contributed by atoms with Crippen LogP contribution in [0.5, 0.6) is 0 Å². The highest BCUT2D eigenvalue weighted by molar-refractivity contribution is 7.32. The highest BCUT2D eigenvalue weighted by atomic mass is 32.1. The van der Waals surface area contributed by atoms with Crippen LogP contribution in [0.15, 0.2) is 102 Å². The third-order valence-electron chi connectivity index (χ3n) is 17.5. The fourth-order valence-electron chi connectivity index (χ4n) is 13.2. The van der Waals surface area contributed by atoms with Crippen LogP contribution in [-0.4, -0.2) is 14.5 Å². The molecule has 3 aliphatic rings. The Balaban J connectivity index is 0.929. The van der Waals surface area contributed by atoms with Crippen molar-refractivity contribution in [2.24, 2.45) is 0 Å². The van der Waals surface area contributed by atoms with Crippen LogP contribution in [0.1, 0.15) is 221 Å². The Morgan fingerprint density at radius 2 is 1.12 bits per heavy atom. The quantitative estimate of drug-likeness (QED) is 0.0438. The number of unbranched alkanes of at least 4 members (excludes halogenated alkanes) is 16. The molecule has 0 amide bonds. The molecule has 0 bridgehead atoms. The Kier molecular flexibility index (Phi) is 18.3. The van der Waals surface area contributed by atoms with Gasteiger partial charge in [0.1, 0.15) is 10.0 Å². The maximum atomic E-state index is 5.54. The zero-order valence-corrected chi connectivity index (χ0v) is 51.2. The summed E-state index contributed by atoms with van der Waals surface area (Å²) in [7, 11) is 0. The summed E-state index contributed by atoms with van der Waals surface area (Å²) in [4.78, 5) is 18.7. The van der Waals surface area contributed by atoms with E-state index in [4.69, 9.17) is 9.97 Å². The molecule has 0 fully saturated rings. The molecule has 0 saturated heterocycles. The second kappa shape index (κ2) is 25.9. The first-order chi connectivity index (χ1) is 38.3. The number of rotatable bonds is 29. The monoisotopic (exact) mass is 1110 g/mol. The molecular formula is C71H85N3S4. The molecule has 3 nitrogen and oxygen atoms in total. The molecule has 0 saturated carbocycles. The summed E-state index contributed by atoms with van der Waals surface area (Å²) >= 11 is 7.57. The molecule has 11 rings (SSSR count). The number of aryl methyl sites for hydroxylation is 3. The van der Waals surface area contributed by atoms with Gasteiger partial charge in [-0.3, -0.25) is 0 Å². The number of hydrogen-bond acceptors (Lipinski definition) is 6. The van der Waals surface area contributed by atoms with Crippen LogP contribution < -0.4 is 0 Å². The van der Waals surface area contributed by atoms with Crippen molar-refractivity contribution in [3.05, 3.63) is 135 Å². The lowest BCUT2D eigenvalue weighted by Crippen LogP contribution is -2.19. The summed E-state index contributed by atoms with van der Waals surface area (Å²) < 4.78 is 2.82. The number of fused-ring (bicyclic) bond motifs is 4. The van der Waals surface area contributed by atoms with Crippen LogP contribution in [0.3, 0.4) is 0 Å². The molecular weight excluding hydrogens is 1020 g/mol. The highest BCUT2D eigenvalue weighted by Crippen LogP contribution is 2.53. The van der Waals surface area contributed by atoms with Gasteiger partial charge >= 0.3 is 0 Å². The number of aromatic nitrogens is 3. The van der Waals surface area contributed by atoms with Gasteiger partial charge < -0.3 is 4.57 Å². The molecule has 1 unspecified atom stereocenters. The SMILES string of the molecule is CCCCCCCCC(CCCCCCCC)n1c2cc(C)ccc2c2ccc(-c3cc(CCCCCC)c(-c4nc5sc(-c6sc(-c7ccc8c9c7C=CC7=CC=C(C)C(=CC8)C79)cc6CCCCCC)nc5s4)s3)cc21. The summed E-state index contributed by atoms with van der Waals surface area (Å²) in [6.45, 7) is 13.9. The summed E-state index contributed by atoms with van der Waals surface area (Å²) in [5.74, 6) is 0.354. The van der Waals surface area contributed by atoms with Crippen LogP contribution in [0.4, 0.5) is 0 Å². The van der Waals surface area contributed by atoms with E-state index in [1.165, 1.54) is 244 Å². The topological polar surface area (TPSA) is 30.7 Å². The average Bonchev–Trinajstić information content (AvgIpc) is 4.30. The predicted molar refractivity (Wildman–Crippen MR) is 347 cm³/mol. The number of allylic oxidation sites excluding steroid dienone is 7. The first-order valence-corrected chi connectivity index (χ1v) is 34.1. The van der Waals surface area contributed by atoms with Gasteiger partial charge in [0.05, 0.1) is 15.3 Å². The van der Waals surface area contributed by atoms with Crippen molar-refractivity contribution in [1.82, 2.24) is 14.5 Å². The van der Waals surface area contributed by atoms with Crippen molar-refractivity contribution in [1.29, 1.82) is 0 Å². The lowest BCUT2D eigenvalue weighted by Gasteiger charge is -2.35. The molecule has 0 aliphatic heterocycles. The second-order valence-corrected chi connectivity index (χ2v) is 27.4. The van der Waals surface area contributed by atoms with Gasteiger partial charge in [0.25, 0.3) is 0 Å². The molecule has 7 heteroatoms. The van der Waals surface area contributed by atoms with E-state index in [1.54, 1.807) is 0 Å². The van der Waals surface area contributed by atoms with Crippen LogP contribution in [-0.2, 0) is 19.3 Å². The Morgan fingerprint density at radius 3 is 1.76 bits per heavy atom. The van der Waals surface area contributed by atoms with Gasteiger partial charge in [0.15, 0.2) is 9.66 Å². The molecule has 0 N–H and O–H groups in total. The third-order valence-corrected chi connectivity index (χ3v) is 22.3. The van der Waals surface area contributed by atoms with Crippen molar-refractivity contribution in [3.8, 4) is 40.7 Å². The molecule has 3 aromatic carbocycles. The Hall–Kier alpha value is -4.66. The Labute approximate surface area is 483 Å². The molecule has 8 aromatic rings. The smallest absolute Gasteiger partial charge is 0.155 e. The molecule has 3 aliphatic carbocycles. The van der Waals surface area contributed by atoms with Crippen LogP contribution >= 0.6 is 45.3 Å². The third kappa shape index (κ3) is 11.7. The van der Waals surface area contributed by atoms with Gasteiger partial charge in [-0.25, -0.2) is 9.97 Å². The van der Waals surface area contributed by atoms with Gasteiger partial charge in [-0.15, -0.1) is 22.7 Å². The maximum Gasteiger partial charge on any atom is 0.155 e. The lowest BCUT2D eigenvalue weighted by atomic mass is 9.68. The van der Waals surface area contributed by atoms with Crippen LogP contribution in [0.2, 0.25) is 0 Å². The van der Waals surface area contributed by atoms with Crippen molar-refractivity contribution >= 4 is 82.9 Å². The first kappa shape index (κ1) is 55.3. The van der Waals surface area contributed by atoms with E-state index >= 15 is 0 Å². The zero-order chi connectivity index (χ0) is 53.5. The van der Waals surface area contributed by atoms with E-state index in [9.17, 15) is 0 Å². The molecule has 78 heavy (non-hydrogen) atoms. The largest absolute Gasteiger partial charge is 0.337 e. The van der Waals surface area contributed by atoms with E-state index in [0.29, 0.717) is 12.0 Å². The molecule has 5 aromatic heterocycles. The van der Waals surface area contributed by atoms with Crippen molar-refractivity contribution < 1.29 is 0 Å². The Morgan fingerprint density at radius 1 is 0.551 bits per heavy atom. The number of hydrogen-bond donors (Lipinski definition) is 0. The zero-order valence-electron chi connectivity index (χ0n) is 48.0. The minimum Gasteiger partial charge on any atom is -0.337 e. The standard InChI is InChI=1S/C71H85N3S4/c1-7-11-15-19-21-25-29-54(30-26-22-20-16-12-8-2)74-60-43-47(5)31-38-56(60)57-40-37-51(44-61(57)74)62-45-52(27-23-17-13-9-3)66(75-62)68-72-70-71(77-68)73-69(78-70)67-53(28-24-18-14-10-4)46-63(76-67)58-41-35-50-34-39-55-48(6)32-33-49-36-42-59(58)65(50)64(49)55/h31-33,35-46,54,64H,7-30,34H2,1-6H3. The van der Waals surface area contributed by atoms with E-state index < -0.39 is 0 Å². The average molecular weight is 1110 g/mol. The van der Waals surface area contributed by atoms with E-state index in [0.717, 1.165) is 38.9 Å². The number of thiophene rings is 2. The number of benzene rings is 3. The fraction of sp³-hybridized carbons (Fsp3) is 0.465. The molecule has 0 spiro atoms. The van der Waals surface area contributed by atoms with Crippen molar-refractivity contribution in [2.75, 3.05) is 0 Å². The molecule has 1 atom stereocenters. The number of nitrogens with zero attached hydrogens (tertiary/aromatic N) is 3. The minimum absolute atomic E-state index is 0.354.